The van der Waals surface area contributed by atoms with Crippen LogP contribution in [0, 0.1) is 5.92 Å². The number of amides is 2. The maximum Gasteiger partial charge on any atom is 0.230 e. The van der Waals surface area contributed by atoms with Gasteiger partial charge in [0.2, 0.25) is 11.8 Å². The van der Waals surface area contributed by atoms with Crippen LogP contribution in [0.3, 0.4) is 0 Å². The molecular weight excluding hydrogens is 424 g/mol. The molecule has 7 heteroatoms. The fourth-order valence-corrected chi connectivity index (χ4v) is 5.47. The van der Waals surface area contributed by atoms with Crippen molar-refractivity contribution in [2.45, 2.75) is 63.3 Å². The lowest BCUT2D eigenvalue weighted by atomic mass is 10.0. The Morgan fingerprint density at radius 3 is 2.41 bits per heavy atom. The molecule has 0 aromatic heterocycles. The Kier molecular flexibility index (Phi) is 6.12. The van der Waals surface area contributed by atoms with Crippen molar-refractivity contribution in [3.63, 3.8) is 0 Å². The van der Waals surface area contributed by atoms with Crippen molar-refractivity contribution in [3.05, 3.63) is 53.6 Å². The molecule has 1 heterocycles. The van der Waals surface area contributed by atoms with E-state index < -0.39 is 9.84 Å². The smallest absolute Gasteiger partial charge is 0.230 e. The van der Waals surface area contributed by atoms with Gasteiger partial charge in [0.25, 0.3) is 0 Å². The number of fused-ring (bicyclic) bond motifs is 1. The molecule has 170 valence electrons. The molecular formula is C25H30N2O4S. The Hall–Kier alpha value is -2.67. The van der Waals surface area contributed by atoms with Crippen LogP contribution in [0.25, 0.3) is 0 Å². The minimum absolute atomic E-state index is 0.0314. The minimum Gasteiger partial charge on any atom is -0.326 e. The molecule has 32 heavy (non-hydrogen) atoms. The molecule has 2 aromatic carbocycles. The summed E-state index contributed by atoms with van der Waals surface area (Å²) in [6.45, 7) is 6.19. The van der Waals surface area contributed by atoms with Gasteiger partial charge in [-0.25, -0.2) is 8.42 Å². The van der Waals surface area contributed by atoms with Gasteiger partial charge in [-0.2, -0.15) is 0 Å². The second-order valence-corrected chi connectivity index (χ2v) is 11.3. The van der Waals surface area contributed by atoms with Crippen molar-refractivity contribution in [2.75, 3.05) is 16.0 Å². The summed E-state index contributed by atoms with van der Waals surface area (Å²) in [5.74, 6) is 0.0694. The van der Waals surface area contributed by atoms with E-state index in [0.717, 1.165) is 24.1 Å². The van der Waals surface area contributed by atoms with E-state index in [2.05, 4.69) is 19.2 Å². The van der Waals surface area contributed by atoms with E-state index in [0.29, 0.717) is 18.0 Å². The van der Waals surface area contributed by atoms with Gasteiger partial charge in [0.15, 0.2) is 9.84 Å². The number of carbonyl (C=O) groups excluding carboxylic acids is 2. The van der Waals surface area contributed by atoms with Crippen molar-refractivity contribution in [1.29, 1.82) is 0 Å². The fourth-order valence-electron chi connectivity index (χ4n) is 4.18. The summed E-state index contributed by atoms with van der Waals surface area (Å²) in [5, 5.41) is 2.77. The van der Waals surface area contributed by atoms with Crippen molar-refractivity contribution in [2.24, 2.45) is 5.92 Å². The van der Waals surface area contributed by atoms with Crippen LogP contribution in [0.5, 0.6) is 0 Å². The Balaban J connectivity index is 1.40. The lowest BCUT2D eigenvalue weighted by Gasteiger charge is -2.22. The Labute approximate surface area is 189 Å². The Morgan fingerprint density at radius 1 is 1.09 bits per heavy atom. The van der Waals surface area contributed by atoms with Crippen LogP contribution < -0.4 is 10.2 Å². The predicted molar refractivity (Wildman–Crippen MR) is 126 cm³/mol. The highest BCUT2D eigenvalue weighted by molar-refractivity contribution is 7.91. The van der Waals surface area contributed by atoms with Crippen LogP contribution in [-0.2, 0) is 25.8 Å². The van der Waals surface area contributed by atoms with Gasteiger partial charge in [-0.1, -0.05) is 26.0 Å². The van der Waals surface area contributed by atoms with Crippen LogP contribution in [0.1, 0.15) is 57.1 Å². The highest BCUT2D eigenvalue weighted by Gasteiger charge is 2.39. The topological polar surface area (TPSA) is 83.6 Å². The van der Waals surface area contributed by atoms with Gasteiger partial charge in [0.05, 0.1) is 10.6 Å². The third-order valence-corrected chi connectivity index (χ3v) is 7.96. The SMILES string of the molecule is CC(C)c1ccc(NC(=O)CCS(=O)(=O)c2ccc3c(c2)C[C@@H](C)N3C(=O)C2CC2)cc1. The van der Waals surface area contributed by atoms with E-state index in [1.807, 2.05) is 36.1 Å². The molecule has 4 rings (SSSR count). The standard InChI is InChI=1S/C25H30N2O4S/c1-16(2)18-6-8-21(9-7-18)26-24(28)12-13-32(30,31)22-10-11-23-20(15-22)14-17(3)27(23)25(29)19-4-5-19/h6-11,15-17,19H,4-5,12-14H2,1-3H3,(H,26,28)/t17-/m1/s1. The van der Waals surface area contributed by atoms with Crippen molar-refractivity contribution in [1.82, 2.24) is 0 Å². The molecule has 0 unspecified atom stereocenters. The van der Waals surface area contributed by atoms with Crippen LogP contribution >= 0.6 is 0 Å². The van der Waals surface area contributed by atoms with Crippen LogP contribution in [0.4, 0.5) is 11.4 Å². The normalized spacial score (nSPS) is 18.0. The molecule has 6 nitrogen and oxygen atoms in total. The first-order valence-electron chi connectivity index (χ1n) is 11.2. The summed E-state index contributed by atoms with van der Waals surface area (Å²) in [6.07, 6.45) is 2.40. The summed E-state index contributed by atoms with van der Waals surface area (Å²) in [5.41, 5.74) is 3.52. The first-order valence-corrected chi connectivity index (χ1v) is 12.9. The van der Waals surface area contributed by atoms with Crippen molar-refractivity contribution < 1.29 is 18.0 Å². The van der Waals surface area contributed by atoms with E-state index >= 15 is 0 Å². The van der Waals surface area contributed by atoms with Gasteiger partial charge in [0, 0.05) is 29.8 Å². The average Bonchev–Trinajstić information content (AvgIpc) is 3.54. The zero-order chi connectivity index (χ0) is 23.0. The lowest BCUT2D eigenvalue weighted by Crippen LogP contribution is -2.36. The third-order valence-electron chi connectivity index (χ3n) is 6.25. The van der Waals surface area contributed by atoms with E-state index in [9.17, 15) is 18.0 Å². The zero-order valence-electron chi connectivity index (χ0n) is 18.8. The number of carbonyl (C=O) groups is 2. The number of sulfone groups is 1. The molecule has 1 atom stereocenters. The highest BCUT2D eigenvalue weighted by Crippen LogP contribution is 2.39. The van der Waals surface area contributed by atoms with Crippen LogP contribution in [0.2, 0.25) is 0 Å². The molecule has 0 bridgehead atoms. The fraction of sp³-hybridized carbons (Fsp3) is 0.440. The average molecular weight is 455 g/mol. The monoisotopic (exact) mass is 454 g/mol. The van der Waals surface area contributed by atoms with E-state index in [4.69, 9.17) is 0 Å². The molecule has 2 aromatic rings. The zero-order valence-corrected chi connectivity index (χ0v) is 19.6. The van der Waals surface area contributed by atoms with Crippen molar-refractivity contribution >= 4 is 33.0 Å². The van der Waals surface area contributed by atoms with Gasteiger partial charge < -0.3 is 10.2 Å². The minimum atomic E-state index is -3.61. The van der Waals surface area contributed by atoms with Crippen LogP contribution in [0.15, 0.2) is 47.4 Å². The predicted octanol–water partition coefficient (Wildman–Crippen LogP) is 4.30. The van der Waals surface area contributed by atoms with Gasteiger partial charge in [-0.05, 0) is 73.6 Å². The summed E-state index contributed by atoms with van der Waals surface area (Å²) < 4.78 is 25.7. The molecule has 0 radical (unpaired) electrons. The molecule has 2 amide bonds. The van der Waals surface area contributed by atoms with E-state index in [1.54, 1.807) is 18.2 Å². The third kappa shape index (κ3) is 4.72. The number of nitrogens with one attached hydrogen (secondary N) is 1. The van der Waals surface area contributed by atoms with E-state index in [1.165, 1.54) is 5.56 Å². The molecule has 1 N–H and O–H groups in total. The molecule has 0 saturated heterocycles. The number of nitrogens with zero attached hydrogens (tertiary/aromatic N) is 1. The quantitative estimate of drug-likeness (QED) is 0.676. The number of hydrogen-bond donors (Lipinski definition) is 1. The second-order valence-electron chi connectivity index (χ2n) is 9.22. The Bertz CT molecular complexity index is 1140. The number of benzene rings is 2. The molecule has 2 aliphatic rings. The van der Waals surface area contributed by atoms with Gasteiger partial charge in [-0.15, -0.1) is 0 Å². The number of hydrogen-bond acceptors (Lipinski definition) is 4. The highest BCUT2D eigenvalue weighted by atomic mass is 32.2. The van der Waals surface area contributed by atoms with Crippen molar-refractivity contribution in [3.8, 4) is 0 Å². The second kappa shape index (κ2) is 8.70. The van der Waals surface area contributed by atoms with Gasteiger partial charge >= 0.3 is 0 Å². The maximum absolute atomic E-state index is 12.9. The number of rotatable bonds is 7. The molecule has 1 aliphatic carbocycles. The summed E-state index contributed by atoms with van der Waals surface area (Å²) in [6, 6.07) is 12.6. The maximum atomic E-state index is 12.9. The molecule has 1 saturated carbocycles. The summed E-state index contributed by atoms with van der Waals surface area (Å²) in [4.78, 5) is 26.9. The van der Waals surface area contributed by atoms with Crippen LogP contribution in [-0.4, -0.2) is 32.0 Å². The first kappa shape index (κ1) is 22.5. The number of anilines is 2. The molecule has 1 aliphatic heterocycles. The van der Waals surface area contributed by atoms with Gasteiger partial charge in [0.1, 0.15) is 0 Å². The first-order chi connectivity index (χ1) is 15.2. The lowest BCUT2D eigenvalue weighted by molar-refractivity contribution is -0.120. The Morgan fingerprint density at radius 2 is 1.78 bits per heavy atom. The molecule has 0 spiro atoms. The largest absolute Gasteiger partial charge is 0.326 e. The van der Waals surface area contributed by atoms with Gasteiger partial charge in [-0.3, -0.25) is 9.59 Å². The summed E-state index contributed by atoms with van der Waals surface area (Å²) in [7, 11) is -3.61. The van der Waals surface area contributed by atoms with E-state index in [-0.39, 0.29) is 40.8 Å². The molecule has 1 fully saturated rings. The summed E-state index contributed by atoms with van der Waals surface area (Å²) >= 11 is 0.